The van der Waals surface area contributed by atoms with E-state index in [1.54, 1.807) is 0 Å². The molecule has 0 aromatic heterocycles. The van der Waals surface area contributed by atoms with Gasteiger partial charge in [0.2, 0.25) is 0 Å². The van der Waals surface area contributed by atoms with E-state index in [-0.39, 0.29) is 5.91 Å². The zero-order valence-electron chi connectivity index (χ0n) is 12.5. The van der Waals surface area contributed by atoms with Crippen LogP contribution < -0.4 is 4.90 Å². The zero-order valence-corrected chi connectivity index (χ0v) is 14.7. The number of benzene rings is 2. The lowest BCUT2D eigenvalue weighted by atomic mass is 10.1. The number of carbonyl (C=O) groups is 1. The zero-order chi connectivity index (χ0) is 15.8. The van der Waals surface area contributed by atoms with Crippen molar-refractivity contribution in [3.63, 3.8) is 0 Å². The Bertz CT molecular complexity index is 624. The highest BCUT2D eigenvalue weighted by Crippen LogP contribution is 2.20. The molecule has 0 atom stereocenters. The minimum atomic E-state index is 0.0646. The van der Waals surface area contributed by atoms with Crippen molar-refractivity contribution in [3.05, 3.63) is 76.4 Å². The average Bonchev–Trinajstić information content (AvgIpc) is 2.56. The van der Waals surface area contributed by atoms with Gasteiger partial charge in [0, 0.05) is 15.8 Å². The van der Waals surface area contributed by atoms with Gasteiger partial charge in [-0.3, -0.25) is 4.79 Å². The topological polar surface area (TPSA) is 20.3 Å². The fourth-order valence-electron chi connectivity index (χ4n) is 2.29. The van der Waals surface area contributed by atoms with Gasteiger partial charge in [0.1, 0.15) is 0 Å². The summed E-state index contributed by atoms with van der Waals surface area (Å²) in [5, 5.41) is 0. The van der Waals surface area contributed by atoms with Crippen LogP contribution in [0.15, 0.2) is 67.3 Å². The first-order chi connectivity index (χ1) is 10.7. The first-order valence-electron chi connectivity index (χ1n) is 7.46. The van der Waals surface area contributed by atoms with Crippen molar-refractivity contribution in [2.45, 2.75) is 19.3 Å². The molecule has 1 amide bonds. The Kier molecular flexibility index (Phi) is 6.65. The van der Waals surface area contributed by atoms with E-state index >= 15 is 0 Å². The predicted molar refractivity (Wildman–Crippen MR) is 101 cm³/mol. The summed E-state index contributed by atoms with van der Waals surface area (Å²) < 4.78 is 0.983. The summed E-state index contributed by atoms with van der Waals surface area (Å²) in [7, 11) is 0. The van der Waals surface area contributed by atoms with Gasteiger partial charge in [0.05, 0.1) is 5.56 Å². The first kappa shape index (κ1) is 16.7. The molecule has 0 heterocycles. The fourth-order valence-corrected chi connectivity index (χ4v) is 2.91. The molecule has 0 aliphatic carbocycles. The van der Waals surface area contributed by atoms with Crippen molar-refractivity contribution in [3.8, 4) is 0 Å². The van der Waals surface area contributed by atoms with Crippen LogP contribution in [0, 0.1) is 3.57 Å². The average molecular weight is 405 g/mol. The molecule has 0 fully saturated rings. The number of amides is 1. The molecule has 0 saturated carbocycles. The van der Waals surface area contributed by atoms with Crippen LogP contribution in [0.2, 0.25) is 0 Å². The number of unbranched alkanes of at least 4 members (excludes halogenated alkanes) is 2. The maximum absolute atomic E-state index is 12.9. The molecule has 0 aliphatic heterocycles. The van der Waals surface area contributed by atoms with E-state index in [1.165, 1.54) is 0 Å². The summed E-state index contributed by atoms with van der Waals surface area (Å²) in [5.74, 6) is 0.0646. The number of para-hydroxylation sites is 1. The second-order valence-corrected chi connectivity index (χ2v) is 6.22. The van der Waals surface area contributed by atoms with E-state index in [9.17, 15) is 4.79 Å². The van der Waals surface area contributed by atoms with Crippen LogP contribution >= 0.6 is 22.6 Å². The van der Waals surface area contributed by atoms with Crippen molar-refractivity contribution in [1.29, 1.82) is 0 Å². The molecule has 2 aromatic rings. The molecule has 0 unspecified atom stereocenters. The highest BCUT2D eigenvalue weighted by molar-refractivity contribution is 14.1. The predicted octanol–water partition coefficient (Wildman–Crippen LogP) is 5.29. The molecular weight excluding hydrogens is 385 g/mol. The molecule has 0 N–H and O–H groups in total. The van der Waals surface area contributed by atoms with Gasteiger partial charge < -0.3 is 4.90 Å². The number of nitrogens with zero attached hydrogens (tertiary/aromatic N) is 1. The monoisotopic (exact) mass is 405 g/mol. The minimum Gasteiger partial charge on any atom is -0.308 e. The molecule has 2 nitrogen and oxygen atoms in total. The van der Waals surface area contributed by atoms with Gasteiger partial charge in [-0.25, -0.2) is 0 Å². The Hall–Kier alpha value is -1.62. The Morgan fingerprint density at radius 1 is 1.05 bits per heavy atom. The highest BCUT2D eigenvalue weighted by atomic mass is 127. The van der Waals surface area contributed by atoms with Crippen molar-refractivity contribution >= 4 is 34.2 Å². The molecule has 3 heteroatoms. The maximum atomic E-state index is 12.9. The van der Waals surface area contributed by atoms with Crippen LogP contribution in [0.4, 0.5) is 5.69 Å². The first-order valence-corrected chi connectivity index (χ1v) is 8.54. The number of hydrogen-bond acceptors (Lipinski definition) is 1. The third kappa shape index (κ3) is 4.44. The minimum absolute atomic E-state index is 0.0646. The Labute approximate surface area is 146 Å². The van der Waals surface area contributed by atoms with Crippen LogP contribution in [0.5, 0.6) is 0 Å². The van der Waals surface area contributed by atoms with Crippen molar-refractivity contribution < 1.29 is 4.79 Å². The van der Waals surface area contributed by atoms with Crippen LogP contribution in [0.25, 0.3) is 0 Å². The van der Waals surface area contributed by atoms with E-state index < -0.39 is 0 Å². The molecule has 114 valence electrons. The third-order valence-electron chi connectivity index (χ3n) is 3.46. The largest absolute Gasteiger partial charge is 0.308 e. The standard InChI is InChI=1S/C19H20INO/c1-2-3-4-10-15-21(16-11-6-5-7-12-16)19(22)17-13-8-9-14-18(17)20/h2,5-9,11-14H,1,3-4,10,15H2. The van der Waals surface area contributed by atoms with Crippen molar-refractivity contribution in [1.82, 2.24) is 0 Å². The number of hydrogen-bond donors (Lipinski definition) is 0. The van der Waals surface area contributed by atoms with Gasteiger partial charge in [-0.15, -0.1) is 6.58 Å². The summed E-state index contributed by atoms with van der Waals surface area (Å²) in [5.41, 5.74) is 1.71. The number of allylic oxidation sites excluding steroid dienone is 1. The Morgan fingerprint density at radius 2 is 1.73 bits per heavy atom. The maximum Gasteiger partial charge on any atom is 0.259 e. The number of halogens is 1. The lowest BCUT2D eigenvalue weighted by Gasteiger charge is -2.23. The molecule has 2 aromatic carbocycles. The third-order valence-corrected chi connectivity index (χ3v) is 4.40. The summed E-state index contributed by atoms with van der Waals surface area (Å²) in [6.07, 6.45) is 4.93. The van der Waals surface area contributed by atoms with Crippen molar-refractivity contribution in [2.75, 3.05) is 11.4 Å². The van der Waals surface area contributed by atoms with Gasteiger partial charge in [0.15, 0.2) is 0 Å². The van der Waals surface area contributed by atoms with Crippen LogP contribution in [0.1, 0.15) is 29.6 Å². The van der Waals surface area contributed by atoms with Gasteiger partial charge in [-0.05, 0) is 66.1 Å². The molecule has 22 heavy (non-hydrogen) atoms. The van der Waals surface area contributed by atoms with E-state index in [2.05, 4.69) is 29.2 Å². The molecule has 0 aliphatic rings. The molecule has 0 radical (unpaired) electrons. The summed E-state index contributed by atoms with van der Waals surface area (Å²) in [6, 6.07) is 17.6. The van der Waals surface area contributed by atoms with E-state index in [0.29, 0.717) is 0 Å². The normalized spacial score (nSPS) is 10.2. The van der Waals surface area contributed by atoms with E-state index in [0.717, 1.165) is 40.6 Å². The Balaban J connectivity index is 2.22. The molecular formula is C19H20INO. The highest BCUT2D eigenvalue weighted by Gasteiger charge is 2.18. The number of anilines is 1. The fraction of sp³-hybridized carbons (Fsp3) is 0.211. The Morgan fingerprint density at radius 3 is 2.41 bits per heavy atom. The van der Waals surface area contributed by atoms with Crippen molar-refractivity contribution in [2.24, 2.45) is 0 Å². The summed E-state index contributed by atoms with van der Waals surface area (Å²) in [4.78, 5) is 14.8. The quantitative estimate of drug-likeness (QED) is 0.348. The summed E-state index contributed by atoms with van der Waals surface area (Å²) in [6.45, 7) is 4.47. The summed E-state index contributed by atoms with van der Waals surface area (Å²) >= 11 is 2.22. The van der Waals surface area contributed by atoms with E-state index in [1.807, 2.05) is 65.6 Å². The molecule has 0 saturated heterocycles. The van der Waals surface area contributed by atoms with Crippen LogP contribution in [-0.2, 0) is 0 Å². The van der Waals surface area contributed by atoms with Gasteiger partial charge in [0.25, 0.3) is 5.91 Å². The van der Waals surface area contributed by atoms with Crippen LogP contribution in [0.3, 0.4) is 0 Å². The van der Waals surface area contributed by atoms with E-state index in [4.69, 9.17) is 0 Å². The molecule has 0 bridgehead atoms. The second kappa shape index (κ2) is 8.73. The molecule has 0 spiro atoms. The van der Waals surface area contributed by atoms with Crippen LogP contribution in [-0.4, -0.2) is 12.5 Å². The molecule has 2 rings (SSSR count). The van der Waals surface area contributed by atoms with Gasteiger partial charge in [-0.1, -0.05) is 36.4 Å². The van der Waals surface area contributed by atoms with Gasteiger partial charge >= 0.3 is 0 Å². The lowest BCUT2D eigenvalue weighted by Crippen LogP contribution is -2.32. The van der Waals surface area contributed by atoms with Gasteiger partial charge in [-0.2, -0.15) is 0 Å². The lowest BCUT2D eigenvalue weighted by molar-refractivity contribution is 0.0985. The smallest absolute Gasteiger partial charge is 0.259 e. The SMILES string of the molecule is C=CCCCCN(C(=O)c1ccccc1I)c1ccccc1. The number of carbonyl (C=O) groups excluding carboxylic acids is 1. The number of rotatable bonds is 7. The second-order valence-electron chi connectivity index (χ2n) is 5.06.